The van der Waals surface area contributed by atoms with E-state index in [4.69, 9.17) is 14.2 Å². The zero-order valence-corrected chi connectivity index (χ0v) is 18.3. The number of hydrogen-bond acceptors (Lipinski definition) is 7. The third-order valence-corrected chi connectivity index (χ3v) is 6.05. The summed E-state index contributed by atoms with van der Waals surface area (Å²) in [5, 5.41) is 5.84. The SMILES string of the molecule is COc1ccc(-c2nc(CC(=O)NCC(C)(C)N3CCOCC3)cs2)cc1OC. The minimum Gasteiger partial charge on any atom is -0.493 e. The lowest BCUT2D eigenvalue weighted by Crippen LogP contribution is -2.55. The fourth-order valence-electron chi connectivity index (χ4n) is 3.31. The molecule has 0 atom stereocenters. The van der Waals surface area contributed by atoms with Gasteiger partial charge < -0.3 is 19.5 Å². The van der Waals surface area contributed by atoms with Crippen molar-refractivity contribution in [1.29, 1.82) is 0 Å². The fourth-order valence-corrected chi connectivity index (χ4v) is 4.13. The second-order valence-electron chi connectivity index (χ2n) is 7.58. The first kappa shape index (κ1) is 21.5. The highest BCUT2D eigenvalue weighted by Crippen LogP contribution is 2.33. The van der Waals surface area contributed by atoms with Gasteiger partial charge in [-0.2, -0.15) is 0 Å². The van der Waals surface area contributed by atoms with Crippen molar-refractivity contribution in [1.82, 2.24) is 15.2 Å². The van der Waals surface area contributed by atoms with E-state index in [2.05, 4.69) is 29.0 Å². The number of nitrogens with one attached hydrogen (secondary N) is 1. The van der Waals surface area contributed by atoms with Crippen molar-refractivity contribution < 1.29 is 19.0 Å². The summed E-state index contributed by atoms with van der Waals surface area (Å²) >= 11 is 1.51. The van der Waals surface area contributed by atoms with E-state index in [-0.39, 0.29) is 17.9 Å². The van der Waals surface area contributed by atoms with Gasteiger partial charge in [-0.05, 0) is 32.0 Å². The van der Waals surface area contributed by atoms with Crippen LogP contribution in [-0.4, -0.2) is 68.4 Å². The molecule has 1 saturated heterocycles. The number of thiazole rings is 1. The van der Waals surface area contributed by atoms with Crippen molar-refractivity contribution in [2.24, 2.45) is 0 Å². The molecule has 1 N–H and O–H groups in total. The molecule has 3 rings (SSSR count). The van der Waals surface area contributed by atoms with Gasteiger partial charge in [0, 0.05) is 36.1 Å². The van der Waals surface area contributed by atoms with Crippen molar-refractivity contribution in [2.45, 2.75) is 25.8 Å². The predicted octanol–water partition coefficient (Wildman–Crippen LogP) is 2.60. The van der Waals surface area contributed by atoms with E-state index in [0.717, 1.165) is 42.6 Å². The Morgan fingerprint density at radius 3 is 2.66 bits per heavy atom. The summed E-state index contributed by atoms with van der Waals surface area (Å²) in [7, 11) is 3.22. The Morgan fingerprint density at radius 1 is 1.24 bits per heavy atom. The number of carbonyl (C=O) groups excluding carboxylic acids is 1. The molecule has 29 heavy (non-hydrogen) atoms. The van der Waals surface area contributed by atoms with Gasteiger partial charge in [-0.3, -0.25) is 9.69 Å². The second-order valence-corrected chi connectivity index (χ2v) is 8.44. The van der Waals surface area contributed by atoms with E-state index in [0.29, 0.717) is 18.0 Å². The first-order chi connectivity index (χ1) is 13.9. The van der Waals surface area contributed by atoms with Crippen LogP contribution in [0.4, 0.5) is 0 Å². The monoisotopic (exact) mass is 419 g/mol. The number of nitrogens with zero attached hydrogens (tertiary/aromatic N) is 2. The summed E-state index contributed by atoms with van der Waals surface area (Å²) in [5.74, 6) is 1.32. The normalized spacial score (nSPS) is 15.2. The van der Waals surface area contributed by atoms with Crippen LogP contribution in [0.3, 0.4) is 0 Å². The number of hydrogen-bond donors (Lipinski definition) is 1. The van der Waals surface area contributed by atoms with Crippen molar-refractivity contribution in [2.75, 3.05) is 47.1 Å². The molecule has 0 spiro atoms. The number of amides is 1. The van der Waals surface area contributed by atoms with Gasteiger partial charge in [0.15, 0.2) is 11.5 Å². The number of carbonyl (C=O) groups is 1. The van der Waals surface area contributed by atoms with E-state index in [1.54, 1.807) is 14.2 Å². The van der Waals surface area contributed by atoms with Gasteiger partial charge in [0.05, 0.1) is 39.5 Å². The smallest absolute Gasteiger partial charge is 0.226 e. The molecule has 0 aliphatic carbocycles. The zero-order chi connectivity index (χ0) is 20.9. The average Bonchev–Trinajstić information content (AvgIpc) is 3.21. The first-order valence-corrected chi connectivity index (χ1v) is 10.6. The Kier molecular flexibility index (Phi) is 7.10. The maximum atomic E-state index is 12.4. The fraction of sp³-hybridized carbons (Fsp3) is 0.524. The first-order valence-electron chi connectivity index (χ1n) is 9.69. The van der Waals surface area contributed by atoms with Crippen molar-refractivity contribution in [3.8, 4) is 22.1 Å². The Labute approximate surface area is 176 Å². The highest BCUT2D eigenvalue weighted by molar-refractivity contribution is 7.13. The van der Waals surface area contributed by atoms with Gasteiger partial charge in [-0.25, -0.2) is 4.98 Å². The highest BCUT2D eigenvalue weighted by atomic mass is 32.1. The van der Waals surface area contributed by atoms with Gasteiger partial charge in [0.2, 0.25) is 5.91 Å². The summed E-state index contributed by atoms with van der Waals surface area (Å²) in [6, 6.07) is 5.69. The third kappa shape index (κ3) is 5.46. The third-order valence-electron chi connectivity index (χ3n) is 5.11. The van der Waals surface area contributed by atoms with Crippen LogP contribution in [-0.2, 0) is 16.0 Å². The number of rotatable bonds is 8. The van der Waals surface area contributed by atoms with E-state index in [1.807, 2.05) is 23.6 Å². The summed E-state index contributed by atoms with van der Waals surface area (Å²) < 4.78 is 16.1. The quantitative estimate of drug-likeness (QED) is 0.709. The molecule has 158 valence electrons. The molecule has 1 aromatic carbocycles. The van der Waals surface area contributed by atoms with Crippen molar-refractivity contribution in [3.05, 3.63) is 29.3 Å². The number of aromatic nitrogens is 1. The largest absolute Gasteiger partial charge is 0.493 e. The highest BCUT2D eigenvalue weighted by Gasteiger charge is 2.28. The van der Waals surface area contributed by atoms with E-state index < -0.39 is 0 Å². The average molecular weight is 420 g/mol. The van der Waals surface area contributed by atoms with Gasteiger partial charge in [0.25, 0.3) is 0 Å². The van der Waals surface area contributed by atoms with Gasteiger partial charge in [0.1, 0.15) is 5.01 Å². The minimum atomic E-state index is -0.105. The Bertz CT molecular complexity index is 831. The molecule has 2 aromatic rings. The standard InChI is InChI=1S/C21H29N3O4S/c1-21(2,24-7-9-28-10-8-24)14-22-19(25)12-16-13-29-20(23-16)15-5-6-17(26-3)18(11-15)27-4/h5-6,11,13H,7-10,12,14H2,1-4H3,(H,22,25). The molecule has 0 bridgehead atoms. The topological polar surface area (TPSA) is 72.9 Å². The molecule has 8 heteroatoms. The Morgan fingerprint density at radius 2 is 1.97 bits per heavy atom. The lowest BCUT2D eigenvalue weighted by molar-refractivity contribution is -0.121. The van der Waals surface area contributed by atoms with E-state index in [9.17, 15) is 4.79 Å². The molecule has 1 aromatic heterocycles. The second kappa shape index (κ2) is 9.56. The van der Waals surface area contributed by atoms with Crippen LogP contribution in [0.15, 0.2) is 23.6 Å². The molecular formula is C21H29N3O4S. The molecular weight excluding hydrogens is 390 g/mol. The molecule has 0 radical (unpaired) electrons. The van der Waals surface area contributed by atoms with E-state index >= 15 is 0 Å². The summed E-state index contributed by atoms with van der Waals surface area (Å²) in [6.45, 7) is 8.17. The Hall–Kier alpha value is -2.16. The van der Waals surface area contributed by atoms with Gasteiger partial charge in [-0.1, -0.05) is 0 Å². The lowest BCUT2D eigenvalue weighted by Gasteiger charge is -2.40. The molecule has 7 nitrogen and oxygen atoms in total. The maximum Gasteiger partial charge on any atom is 0.226 e. The zero-order valence-electron chi connectivity index (χ0n) is 17.5. The number of morpholine rings is 1. The van der Waals surface area contributed by atoms with Crippen molar-refractivity contribution >= 4 is 17.2 Å². The summed E-state index contributed by atoms with van der Waals surface area (Å²) in [4.78, 5) is 19.4. The molecule has 1 fully saturated rings. The van der Waals surface area contributed by atoms with E-state index in [1.165, 1.54) is 11.3 Å². The molecule has 1 aliphatic heterocycles. The van der Waals surface area contributed by atoms with Crippen LogP contribution in [0, 0.1) is 0 Å². The number of methoxy groups -OCH3 is 2. The maximum absolute atomic E-state index is 12.4. The summed E-state index contributed by atoms with van der Waals surface area (Å²) in [5.41, 5.74) is 1.60. The van der Waals surface area contributed by atoms with Crippen molar-refractivity contribution in [3.63, 3.8) is 0 Å². The van der Waals surface area contributed by atoms with Crippen LogP contribution in [0.1, 0.15) is 19.5 Å². The van der Waals surface area contributed by atoms with Crippen LogP contribution in [0.25, 0.3) is 10.6 Å². The van der Waals surface area contributed by atoms with Gasteiger partial charge in [-0.15, -0.1) is 11.3 Å². The Balaban J connectivity index is 1.57. The molecule has 1 amide bonds. The van der Waals surface area contributed by atoms with Crippen LogP contribution >= 0.6 is 11.3 Å². The summed E-state index contributed by atoms with van der Waals surface area (Å²) in [6.07, 6.45) is 0.267. The minimum absolute atomic E-state index is 0.0181. The van der Waals surface area contributed by atoms with Gasteiger partial charge >= 0.3 is 0 Å². The molecule has 0 unspecified atom stereocenters. The van der Waals surface area contributed by atoms with Crippen LogP contribution < -0.4 is 14.8 Å². The molecule has 2 heterocycles. The van der Waals surface area contributed by atoms with Crippen LogP contribution in [0.2, 0.25) is 0 Å². The lowest BCUT2D eigenvalue weighted by atomic mass is 10.0. The molecule has 0 saturated carbocycles. The molecule has 1 aliphatic rings. The number of benzene rings is 1. The number of ether oxygens (including phenoxy) is 3. The predicted molar refractivity (Wildman–Crippen MR) is 114 cm³/mol. The van der Waals surface area contributed by atoms with Crippen LogP contribution in [0.5, 0.6) is 11.5 Å².